The Balaban J connectivity index is 2.88. The van der Waals surface area contributed by atoms with E-state index in [0.29, 0.717) is 21.6 Å². The lowest BCUT2D eigenvalue weighted by Gasteiger charge is -1.93. The standard InChI is InChI=1S/C9H4ClFOS/c10-8-3-5-1-7(11)2-6(4-12)9(5)13-8/h1-4H. The lowest BCUT2D eigenvalue weighted by molar-refractivity contribution is 0.112. The predicted molar refractivity (Wildman–Crippen MR) is 52.2 cm³/mol. The quantitative estimate of drug-likeness (QED) is 0.664. The Hall–Kier alpha value is -0.930. The summed E-state index contributed by atoms with van der Waals surface area (Å²) in [5.41, 5.74) is 0.354. The number of carbonyl (C=O) groups is 1. The van der Waals surface area contributed by atoms with E-state index in [1.165, 1.54) is 23.5 Å². The number of aldehydes is 1. The molecule has 1 nitrogen and oxygen atoms in total. The molecule has 0 spiro atoms. The minimum atomic E-state index is -0.413. The number of halogens is 2. The third kappa shape index (κ3) is 1.45. The van der Waals surface area contributed by atoms with E-state index >= 15 is 0 Å². The highest BCUT2D eigenvalue weighted by Crippen LogP contribution is 2.31. The van der Waals surface area contributed by atoms with E-state index in [2.05, 4.69) is 0 Å². The Morgan fingerprint density at radius 2 is 2.15 bits per heavy atom. The third-order valence-electron chi connectivity index (χ3n) is 1.71. The number of rotatable bonds is 1. The summed E-state index contributed by atoms with van der Waals surface area (Å²) in [5.74, 6) is -0.413. The molecule has 0 aliphatic heterocycles. The van der Waals surface area contributed by atoms with E-state index < -0.39 is 5.82 Å². The maximum absolute atomic E-state index is 12.9. The molecule has 0 N–H and O–H groups in total. The topological polar surface area (TPSA) is 17.1 Å². The lowest BCUT2D eigenvalue weighted by Crippen LogP contribution is -1.81. The van der Waals surface area contributed by atoms with Gasteiger partial charge in [-0.05, 0) is 23.6 Å². The molecule has 2 aromatic rings. The first-order valence-electron chi connectivity index (χ1n) is 3.54. The normalized spacial score (nSPS) is 10.6. The van der Waals surface area contributed by atoms with Gasteiger partial charge in [-0.2, -0.15) is 0 Å². The van der Waals surface area contributed by atoms with Crippen molar-refractivity contribution in [3.8, 4) is 0 Å². The summed E-state index contributed by atoms with van der Waals surface area (Å²) in [5, 5.41) is 0.678. The highest BCUT2D eigenvalue weighted by atomic mass is 35.5. The Labute approximate surface area is 82.7 Å². The van der Waals surface area contributed by atoms with Crippen LogP contribution in [0.4, 0.5) is 4.39 Å². The summed E-state index contributed by atoms with van der Waals surface area (Å²) in [4.78, 5) is 10.6. The SMILES string of the molecule is O=Cc1cc(F)cc2cc(Cl)sc12. The van der Waals surface area contributed by atoms with Gasteiger partial charge in [0.2, 0.25) is 0 Å². The molecule has 13 heavy (non-hydrogen) atoms. The molecular weight excluding hydrogens is 211 g/mol. The van der Waals surface area contributed by atoms with E-state index in [1.54, 1.807) is 6.07 Å². The molecule has 4 heteroatoms. The molecule has 0 fully saturated rings. The molecule has 0 saturated heterocycles. The van der Waals surface area contributed by atoms with Crippen LogP contribution in [0.15, 0.2) is 18.2 Å². The Morgan fingerprint density at radius 1 is 1.38 bits per heavy atom. The smallest absolute Gasteiger partial charge is 0.151 e. The van der Waals surface area contributed by atoms with E-state index in [-0.39, 0.29) is 0 Å². The molecule has 1 aromatic carbocycles. The molecule has 0 radical (unpaired) electrons. The fourth-order valence-electron chi connectivity index (χ4n) is 1.20. The zero-order valence-electron chi connectivity index (χ0n) is 6.38. The molecule has 0 aliphatic rings. The molecule has 0 aliphatic carbocycles. The minimum absolute atomic E-state index is 0.354. The molecule has 0 bridgehead atoms. The van der Waals surface area contributed by atoms with Crippen LogP contribution in [0.1, 0.15) is 10.4 Å². The van der Waals surface area contributed by atoms with Crippen molar-refractivity contribution in [2.24, 2.45) is 0 Å². The van der Waals surface area contributed by atoms with Crippen LogP contribution in [0, 0.1) is 5.82 Å². The van der Waals surface area contributed by atoms with Gasteiger partial charge < -0.3 is 0 Å². The number of carbonyl (C=O) groups excluding carboxylic acids is 1. The van der Waals surface area contributed by atoms with Crippen LogP contribution in [0.25, 0.3) is 10.1 Å². The Kier molecular flexibility index (Phi) is 2.06. The average molecular weight is 215 g/mol. The van der Waals surface area contributed by atoms with Crippen LogP contribution in [-0.4, -0.2) is 6.29 Å². The Bertz CT molecular complexity index is 478. The van der Waals surface area contributed by atoms with Crippen molar-refractivity contribution in [3.05, 3.63) is 33.9 Å². The van der Waals surface area contributed by atoms with E-state index in [9.17, 15) is 9.18 Å². The van der Waals surface area contributed by atoms with Crippen LogP contribution in [-0.2, 0) is 0 Å². The molecule has 1 aromatic heterocycles. The minimum Gasteiger partial charge on any atom is -0.298 e. The molecule has 2 rings (SSSR count). The summed E-state index contributed by atoms with van der Waals surface area (Å²) in [6.45, 7) is 0. The summed E-state index contributed by atoms with van der Waals surface area (Å²) < 4.78 is 14.2. The van der Waals surface area contributed by atoms with E-state index in [4.69, 9.17) is 11.6 Å². The van der Waals surface area contributed by atoms with Crippen molar-refractivity contribution >= 4 is 39.3 Å². The summed E-state index contributed by atoms with van der Waals surface area (Å²) >= 11 is 7.02. The maximum atomic E-state index is 12.9. The highest BCUT2D eigenvalue weighted by molar-refractivity contribution is 7.23. The fourth-order valence-corrected chi connectivity index (χ4v) is 2.39. The molecule has 66 valence electrons. The van der Waals surface area contributed by atoms with Crippen LogP contribution in [0.3, 0.4) is 0 Å². The summed E-state index contributed by atoms with van der Waals surface area (Å²) in [6.07, 6.45) is 0.637. The monoisotopic (exact) mass is 214 g/mol. The summed E-state index contributed by atoms with van der Waals surface area (Å²) in [6, 6.07) is 4.23. The third-order valence-corrected chi connectivity index (χ3v) is 3.04. The van der Waals surface area contributed by atoms with Gasteiger partial charge in [0.15, 0.2) is 6.29 Å². The first-order chi connectivity index (χ1) is 6.20. The first-order valence-corrected chi connectivity index (χ1v) is 4.74. The van der Waals surface area contributed by atoms with Crippen molar-refractivity contribution in [2.75, 3.05) is 0 Å². The molecule has 1 heterocycles. The van der Waals surface area contributed by atoms with Gasteiger partial charge in [0, 0.05) is 10.3 Å². The van der Waals surface area contributed by atoms with Crippen LogP contribution < -0.4 is 0 Å². The number of hydrogen-bond acceptors (Lipinski definition) is 2. The van der Waals surface area contributed by atoms with Gasteiger partial charge in [-0.25, -0.2) is 4.39 Å². The van der Waals surface area contributed by atoms with Crippen molar-refractivity contribution < 1.29 is 9.18 Å². The molecule has 0 amide bonds. The second-order valence-corrected chi connectivity index (χ2v) is 4.27. The zero-order chi connectivity index (χ0) is 9.42. The first kappa shape index (κ1) is 8.66. The molecule has 0 atom stereocenters. The largest absolute Gasteiger partial charge is 0.298 e. The highest BCUT2D eigenvalue weighted by Gasteiger charge is 2.06. The maximum Gasteiger partial charge on any atom is 0.151 e. The lowest BCUT2D eigenvalue weighted by atomic mass is 10.2. The summed E-state index contributed by atoms with van der Waals surface area (Å²) in [7, 11) is 0. The van der Waals surface area contributed by atoms with E-state index in [0.717, 1.165) is 4.70 Å². The number of thiophene rings is 1. The van der Waals surface area contributed by atoms with E-state index in [1.807, 2.05) is 0 Å². The zero-order valence-corrected chi connectivity index (χ0v) is 7.95. The molecule has 0 unspecified atom stereocenters. The van der Waals surface area contributed by atoms with Gasteiger partial charge in [-0.15, -0.1) is 11.3 Å². The van der Waals surface area contributed by atoms with Crippen LogP contribution in [0.2, 0.25) is 4.34 Å². The fraction of sp³-hybridized carbons (Fsp3) is 0. The van der Waals surface area contributed by atoms with Gasteiger partial charge in [0.25, 0.3) is 0 Å². The van der Waals surface area contributed by atoms with Crippen molar-refractivity contribution in [3.63, 3.8) is 0 Å². The van der Waals surface area contributed by atoms with Crippen molar-refractivity contribution in [1.29, 1.82) is 0 Å². The van der Waals surface area contributed by atoms with Gasteiger partial charge in [-0.1, -0.05) is 11.6 Å². The van der Waals surface area contributed by atoms with Crippen LogP contribution >= 0.6 is 22.9 Å². The van der Waals surface area contributed by atoms with Crippen LogP contribution in [0.5, 0.6) is 0 Å². The average Bonchev–Trinajstić information content (AvgIpc) is 2.43. The number of benzene rings is 1. The second-order valence-electron chi connectivity index (χ2n) is 2.58. The molecular formula is C9H4ClFOS. The molecule has 0 saturated carbocycles. The van der Waals surface area contributed by atoms with Crippen molar-refractivity contribution in [1.82, 2.24) is 0 Å². The number of fused-ring (bicyclic) bond motifs is 1. The van der Waals surface area contributed by atoms with Crippen molar-refractivity contribution in [2.45, 2.75) is 0 Å². The van der Waals surface area contributed by atoms with Gasteiger partial charge in [0.05, 0.1) is 4.34 Å². The second kappa shape index (κ2) is 3.09. The number of hydrogen-bond donors (Lipinski definition) is 0. The Morgan fingerprint density at radius 3 is 2.85 bits per heavy atom. The van der Waals surface area contributed by atoms with Gasteiger partial charge in [0.1, 0.15) is 5.82 Å². The van der Waals surface area contributed by atoms with Gasteiger partial charge >= 0.3 is 0 Å². The van der Waals surface area contributed by atoms with Gasteiger partial charge in [-0.3, -0.25) is 4.79 Å². The predicted octanol–water partition coefficient (Wildman–Crippen LogP) is 3.51.